The van der Waals surface area contributed by atoms with E-state index in [1.807, 2.05) is 18.4 Å². The summed E-state index contributed by atoms with van der Waals surface area (Å²) in [4.78, 5) is 13.5. The van der Waals surface area contributed by atoms with Gasteiger partial charge in [-0.3, -0.25) is 4.21 Å². The van der Waals surface area contributed by atoms with Crippen molar-refractivity contribution in [3.63, 3.8) is 0 Å². The van der Waals surface area contributed by atoms with E-state index in [1.54, 1.807) is 11.3 Å². The number of amides is 2. The van der Waals surface area contributed by atoms with E-state index in [0.29, 0.717) is 5.75 Å². The van der Waals surface area contributed by atoms with Crippen molar-refractivity contribution in [3.05, 3.63) is 22.4 Å². The Hall–Kier alpha value is -0.880. The van der Waals surface area contributed by atoms with Crippen LogP contribution >= 0.6 is 11.3 Å². The molecule has 0 bridgehead atoms. The van der Waals surface area contributed by atoms with Crippen LogP contribution in [0.3, 0.4) is 0 Å². The van der Waals surface area contributed by atoms with Gasteiger partial charge in [0.15, 0.2) is 0 Å². The predicted octanol–water partition coefficient (Wildman–Crippen LogP) is 3.58. The number of carbonyl (C=O) groups excluding carboxylic acids is 1. The maximum absolute atomic E-state index is 12.3. The van der Waals surface area contributed by atoms with Crippen molar-refractivity contribution in [2.45, 2.75) is 63.3 Å². The van der Waals surface area contributed by atoms with Crippen LogP contribution in [-0.2, 0) is 10.8 Å². The third-order valence-electron chi connectivity index (χ3n) is 4.24. The van der Waals surface area contributed by atoms with E-state index in [-0.39, 0.29) is 23.4 Å². The van der Waals surface area contributed by atoms with Gasteiger partial charge in [-0.15, -0.1) is 11.3 Å². The monoisotopic (exact) mass is 342 g/mol. The van der Waals surface area contributed by atoms with Crippen LogP contribution in [0.5, 0.6) is 0 Å². The fourth-order valence-corrected chi connectivity index (χ4v) is 5.31. The van der Waals surface area contributed by atoms with Gasteiger partial charge in [0.2, 0.25) is 0 Å². The molecule has 4 atom stereocenters. The highest BCUT2D eigenvalue weighted by Crippen LogP contribution is 2.24. The summed E-state index contributed by atoms with van der Waals surface area (Å²) in [6.45, 7) is 4.02. The van der Waals surface area contributed by atoms with Crippen LogP contribution in [0.25, 0.3) is 0 Å². The van der Waals surface area contributed by atoms with Crippen LogP contribution in [0.2, 0.25) is 0 Å². The Morgan fingerprint density at radius 3 is 2.82 bits per heavy atom. The van der Waals surface area contributed by atoms with Crippen molar-refractivity contribution < 1.29 is 9.00 Å². The minimum atomic E-state index is -0.844. The number of urea groups is 1. The maximum atomic E-state index is 12.3. The fourth-order valence-electron chi connectivity index (χ4n) is 3.02. The molecule has 4 unspecified atom stereocenters. The molecule has 0 aromatic carbocycles. The van der Waals surface area contributed by atoms with E-state index < -0.39 is 10.8 Å². The van der Waals surface area contributed by atoms with Crippen molar-refractivity contribution in [1.82, 2.24) is 10.6 Å². The van der Waals surface area contributed by atoms with Gasteiger partial charge in [-0.05, 0) is 30.7 Å². The molecule has 6 heteroatoms. The Labute approximate surface area is 139 Å². The molecule has 1 heterocycles. The fraction of sp³-hybridized carbons (Fsp3) is 0.688. The van der Waals surface area contributed by atoms with Gasteiger partial charge in [0.05, 0.1) is 11.3 Å². The average molecular weight is 343 g/mol. The molecule has 124 valence electrons. The Bertz CT molecular complexity index is 490. The van der Waals surface area contributed by atoms with Gasteiger partial charge in [0, 0.05) is 27.5 Å². The molecule has 1 aliphatic carbocycles. The second-order valence-electron chi connectivity index (χ2n) is 5.69. The Kier molecular flexibility index (Phi) is 6.89. The maximum Gasteiger partial charge on any atom is 0.315 e. The van der Waals surface area contributed by atoms with Gasteiger partial charge in [-0.1, -0.05) is 32.8 Å². The van der Waals surface area contributed by atoms with Gasteiger partial charge < -0.3 is 10.6 Å². The van der Waals surface area contributed by atoms with Crippen LogP contribution < -0.4 is 10.6 Å². The molecule has 0 aliphatic heterocycles. The summed E-state index contributed by atoms with van der Waals surface area (Å²) < 4.78 is 12.2. The molecular weight excluding hydrogens is 316 g/mol. The van der Waals surface area contributed by atoms with Crippen LogP contribution in [0.15, 0.2) is 17.5 Å². The van der Waals surface area contributed by atoms with Gasteiger partial charge in [-0.2, -0.15) is 0 Å². The normalized spacial score (nSPS) is 24.5. The highest BCUT2D eigenvalue weighted by Gasteiger charge is 2.30. The van der Waals surface area contributed by atoms with E-state index in [0.717, 1.165) is 32.1 Å². The van der Waals surface area contributed by atoms with Crippen molar-refractivity contribution in [1.29, 1.82) is 0 Å². The molecule has 1 aliphatic rings. The highest BCUT2D eigenvalue weighted by atomic mass is 32.2. The largest absolute Gasteiger partial charge is 0.334 e. The summed E-state index contributed by atoms with van der Waals surface area (Å²) in [6, 6.07) is 4.01. The molecule has 0 radical (unpaired) electrons. The zero-order chi connectivity index (χ0) is 15.9. The van der Waals surface area contributed by atoms with Crippen LogP contribution in [0, 0.1) is 0 Å². The summed E-state index contributed by atoms with van der Waals surface area (Å²) >= 11 is 1.66. The van der Waals surface area contributed by atoms with Crippen molar-refractivity contribution in [2.24, 2.45) is 0 Å². The molecule has 2 N–H and O–H groups in total. The first-order chi connectivity index (χ1) is 10.7. The van der Waals surface area contributed by atoms with Crippen molar-refractivity contribution >= 4 is 28.2 Å². The topological polar surface area (TPSA) is 58.2 Å². The first-order valence-electron chi connectivity index (χ1n) is 8.13. The molecule has 4 nitrogen and oxygen atoms in total. The zero-order valence-corrected chi connectivity index (χ0v) is 15.0. The summed E-state index contributed by atoms with van der Waals surface area (Å²) in [6.07, 6.45) is 4.96. The molecule has 1 aromatic rings. The van der Waals surface area contributed by atoms with Gasteiger partial charge in [0.25, 0.3) is 0 Å². The van der Waals surface area contributed by atoms with E-state index in [9.17, 15) is 9.00 Å². The number of carbonyl (C=O) groups is 1. The lowest BCUT2D eigenvalue weighted by Crippen LogP contribution is -2.51. The Balaban J connectivity index is 1.93. The average Bonchev–Trinajstić information content (AvgIpc) is 3.06. The summed E-state index contributed by atoms with van der Waals surface area (Å²) in [5, 5.41) is 8.26. The van der Waals surface area contributed by atoms with Crippen LogP contribution in [-0.4, -0.2) is 27.3 Å². The first kappa shape index (κ1) is 17.5. The lowest BCUT2D eigenvalue weighted by atomic mass is 9.95. The number of nitrogens with one attached hydrogen (secondary N) is 2. The van der Waals surface area contributed by atoms with Crippen LogP contribution in [0.4, 0.5) is 4.79 Å². The Morgan fingerprint density at radius 1 is 1.41 bits per heavy atom. The lowest BCUT2D eigenvalue weighted by Gasteiger charge is -2.31. The van der Waals surface area contributed by atoms with Gasteiger partial charge >= 0.3 is 6.03 Å². The smallest absolute Gasteiger partial charge is 0.315 e. The van der Waals surface area contributed by atoms with Crippen LogP contribution in [0.1, 0.15) is 56.9 Å². The predicted molar refractivity (Wildman–Crippen MR) is 93.7 cm³/mol. The number of hydrogen-bond donors (Lipinski definition) is 2. The zero-order valence-electron chi connectivity index (χ0n) is 13.3. The molecule has 22 heavy (non-hydrogen) atoms. The molecule has 0 saturated heterocycles. The molecule has 0 spiro atoms. The van der Waals surface area contributed by atoms with E-state index in [2.05, 4.69) is 23.6 Å². The number of rotatable bonds is 6. The second-order valence-corrected chi connectivity index (χ2v) is 8.62. The summed E-state index contributed by atoms with van der Waals surface area (Å²) in [5.74, 6) is 0.664. The minimum Gasteiger partial charge on any atom is -0.334 e. The molecule has 2 amide bonds. The van der Waals surface area contributed by atoms with Gasteiger partial charge in [-0.25, -0.2) is 4.79 Å². The molecule has 1 aromatic heterocycles. The lowest BCUT2D eigenvalue weighted by molar-refractivity contribution is 0.229. The molecule has 1 saturated carbocycles. The number of thiophene rings is 1. The minimum absolute atomic E-state index is 0.0374. The molecular formula is C16H26N2O2S2. The van der Waals surface area contributed by atoms with Crippen molar-refractivity contribution in [2.75, 3.05) is 5.75 Å². The number of hydrogen-bond acceptors (Lipinski definition) is 3. The quantitative estimate of drug-likeness (QED) is 0.830. The Morgan fingerprint density at radius 2 is 2.18 bits per heavy atom. The first-order valence-corrected chi connectivity index (χ1v) is 10.4. The third-order valence-corrected chi connectivity index (χ3v) is 7.04. The second kappa shape index (κ2) is 8.67. The van der Waals surface area contributed by atoms with Gasteiger partial charge in [0.1, 0.15) is 0 Å². The summed E-state index contributed by atoms with van der Waals surface area (Å²) in [5.41, 5.74) is 0. The van der Waals surface area contributed by atoms with Crippen molar-refractivity contribution in [3.8, 4) is 0 Å². The molecule has 2 rings (SSSR count). The third kappa shape index (κ3) is 4.56. The molecule has 1 fully saturated rings. The van der Waals surface area contributed by atoms with E-state index in [4.69, 9.17) is 0 Å². The SMILES string of the molecule is CCC(NC(=O)NC1CCCCC1S(=O)CC)c1cccs1. The standard InChI is InChI=1S/C16H26N2O2S2/c1-3-12(14-9-7-11-21-14)17-16(19)18-13-8-5-6-10-15(13)22(20)4-2/h7,9,11-13,15H,3-6,8,10H2,1-2H3,(H2,17,18,19). The van der Waals surface area contributed by atoms with E-state index in [1.165, 1.54) is 4.88 Å². The van der Waals surface area contributed by atoms with E-state index >= 15 is 0 Å². The highest BCUT2D eigenvalue weighted by molar-refractivity contribution is 7.85. The summed E-state index contributed by atoms with van der Waals surface area (Å²) in [7, 11) is -0.844.